The minimum absolute atomic E-state index is 0. The van der Waals surface area contributed by atoms with Gasteiger partial charge in [-0.3, -0.25) is 0 Å². The highest BCUT2D eigenvalue weighted by molar-refractivity contribution is 5.85. The van der Waals surface area contributed by atoms with Crippen molar-refractivity contribution in [2.45, 2.75) is 53.4 Å². The van der Waals surface area contributed by atoms with Gasteiger partial charge in [-0.05, 0) is 41.5 Å². The molecule has 0 fully saturated rings. The summed E-state index contributed by atoms with van der Waals surface area (Å²) in [5.74, 6) is 0.889. The number of ether oxygens (including phenoxy) is 1. The van der Waals surface area contributed by atoms with E-state index >= 15 is 0 Å². The molecule has 0 saturated carbocycles. The van der Waals surface area contributed by atoms with Gasteiger partial charge in [0.05, 0.1) is 12.1 Å². The zero-order valence-corrected chi connectivity index (χ0v) is 16.6. The number of hydrogen-bond donors (Lipinski definition) is 2. The summed E-state index contributed by atoms with van der Waals surface area (Å²) < 4.78 is 6.01. The lowest BCUT2D eigenvalue weighted by atomic mass is 9.82. The van der Waals surface area contributed by atoms with Gasteiger partial charge in [0.15, 0.2) is 0 Å². The number of rotatable bonds is 5. The molecule has 0 aromatic heterocycles. The van der Waals surface area contributed by atoms with Gasteiger partial charge in [-0.15, -0.1) is 12.4 Å². The average Bonchev–Trinajstić information content (AvgIpc) is 2.52. The molecule has 3 N–H and O–H groups in total. The maximum Gasteiger partial charge on any atom is 0.125 e. The molecule has 2 rings (SSSR count). The second-order valence-corrected chi connectivity index (χ2v) is 7.59. The fraction of sp³-hybridized carbons (Fsp3) is 0.429. The van der Waals surface area contributed by atoms with Gasteiger partial charge in [0.1, 0.15) is 12.4 Å². The van der Waals surface area contributed by atoms with Crippen molar-refractivity contribution in [3.05, 3.63) is 64.7 Å². The molecular formula is C21H30ClNO2. The first-order valence-corrected chi connectivity index (χ1v) is 8.41. The lowest BCUT2D eigenvalue weighted by Gasteiger charge is -2.31. The van der Waals surface area contributed by atoms with Crippen LogP contribution in [0.25, 0.3) is 0 Å². The predicted molar refractivity (Wildman–Crippen MR) is 106 cm³/mol. The molecular weight excluding hydrogens is 334 g/mol. The summed E-state index contributed by atoms with van der Waals surface area (Å²) >= 11 is 0. The van der Waals surface area contributed by atoms with E-state index in [0.717, 1.165) is 28.0 Å². The van der Waals surface area contributed by atoms with Crippen LogP contribution in [0, 0.1) is 19.3 Å². The van der Waals surface area contributed by atoms with Crippen LogP contribution in [0.1, 0.15) is 49.1 Å². The average molecular weight is 364 g/mol. The van der Waals surface area contributed by atoms with Crippen molar-refractivity contribution in [3.8, 4) is 5.75 Å². The van der Waals surface area contributed by atoms with E-state index < -0.39 is 12.1 Å². The highest BCUT2D eigenvalue weighted by Crippen LogP contribution is 2.32. The molecule has 0 heterocycles. The van der Waals surface area contributed by atoms with Gasteiger partial charge >= 0.3 is 0 Å². The molecule has 2 aromatic carbocycles. The number of aryl methyl sites for hydroxylation is 2. The van der Waals surface area contributed by atoms with E-state index in [9.17, 15) is 5.11 Å². The summed E-state index contributed by atoms with van der Waals surface area (Å²) in [6, 6.07) is 13.7. The normalized spacial score (nSPS) is 13.7. The van der Waals surface area contributed by atoms with Crippen molar-refractivity contribution in [2.75, 3.05) is 0 Å². The predicted octanol–water partition coefficient (Wildman–Crippen LogP) is 4.71. The molecule has 3 nitrogen and oxygen atoms in total. The SMILES string of the molecule is Cc1cc([C@H](N)[C@H](O)C(C)(C)C)cc(C)c1OCc1ccccc1.Cl. The summed E-state index contributed by atoms with van der Waals surface area (Å²) in [6.45, 7) is 10.6. The zero-order chi connectivity index (χ0) is 17.9. The monoisotopic (exact) mass is 363 g/mol. The first-order chi connectivity index (χ1) is 11.2. The second kappa shape index (κ2) is 8.70. The highest BCUT2D eigenvalue weighted by Gasteiger charge is 2.29. The minimum atomic E-state index is -0.604. The third kappa shape index (κ3) is 5.46. The number of aliphatic hydroxyl groups excluding tert-OH is 1. The summed E-state index contributed by atoms with van der Waals surface area (Å²) in [7, 11) is 0. The Balaban J connectivity index is 0.00000312. The molecule has 2 aromatic rings. The smallest absolute Gasteiger partial charge is 0.125 e. The van der Waals surface area contributed by atoms with Crippen LogP contribution < -0.4 is 10.5 Å². The van der Waals surface area contributed by atoms with Gasteiger partial charge in [0.25, 0.3) is 0 Å². The van der Waals surface area contributed by atoms with Crippen molar-refractivity contribution in [1.82, 2.24) is 0 Å². The van der Waals surface area contributed by atoms with Crippen molar-refractivity contribution < 1.29 is 9.84 Å². The molecule has 0 bridgehead atoms. The molecule has 0 aliphatic heterocycles. The minimum Gasteiger partial charge on any atom is -0.488 e. The van der Waals surface area contributed by atoms with Crippen LogP contribution in [0.5, 0.6) is 5.75 Å². The van der Waals surface area contributed by atoms with Gasteiger partial charge < -0.3 is 15.6 Å². The molecule has 0 aliphatic rings. The Bertz CT molecular complexity index is 657. The number of aliphatic hydroxyl groups is 1. The molecule has 138 valence electrons. The lowest BCUT2D eigenvalue weighted by Crippen LogP contribution is -2.37. The Hall–Kier alpha value is -1.55. The van der Waals surface area contributed by atoms with Crippen LogP contribution in [0.2, 0.25) is 0 Å². The molecule has 0 saturated heterocycles. The second-order valence-electron chi connectivity index (χ2n) is 7.59. The van der Waals surface area contributed by atoms with E-state index in [-0.39, 0.29) is 17.8 Å². The molecule has 0 amide bonds. The fourth-order valence-corrected chi connectivity index (χ4v) is 2.85. The third-order valence-electron chi connectivity index (χ3n) is 4.32. The number of nitrogens with two attached hydrogens (primary N) is 1. The summed E-state index contributed by atoms with van der Waals surface area (Å²) in [5, 5.41) is 10.5. The Morgan fingerprint density at radius 3 is 2.04 bits per heavy atom. The number of halogens is 1. The van der Waals surface area contributed by atoms with Crippen molar-refractivity contribution >= 4 is 12.4 Å². The number of benzene rings is 2. The van der Waals surface area contributed by atoms with E-state index in [1.54, 1.807) is 0 Å². The third-order valence-corrected chi connectivity index (χ3v) is 4.32. The van der Waals surface area contributed by atoms with Crippen LogP contribution in [0.3, 0.4) is 0 Å². The van der Waals surface area contributed by atoms with E-state index in [1.165, 1.54) is 0 Å². The van der Waals surface area contributed by atoms with Gasteiger partial charge in [0, 0.05) is 0 Å². The van der Waals surface area contributed by atoms with Crippen LogP contribution in [0.4, 0.5) is 0 Å². The summed E-state index contributed by atoms with van der Waals surface area (Å²) in [5.41, 5.74) is 10.2. The van der Waals surface area contributed by atoms with E-state index in [0.29, 0.717) is 6.61 Å². The maximum atomic E-state index is 10.5. The molecule has 0 aliphatic carbocycles. The highest BCUT2D eigenvalue weighted by atomic mass is 35.5. The molecule has 2 atom stereocenters. The van der Waals surface area contributed by atoms with Crippen molar-refractivity contribution in [3.63, 3.8) is 0 Å². The van der Waals surface area contributed by atoms with Gasteiger partial charge in [-0.25, -0.2) is 0 Å². The fourth-order valence-electron chi connectivity index (χ4n) is 2.85. The molecule has 0 radical (unpaired) electrons. The standard InChI is InChI=1S/C21H29NO2.ClH/c1-14-11-17(18(22)20(23)21(3,4)5)12-15(2)19(14)24-13-16-9-7-6-8-10-16;/h6-12,18,20,23H,13,22H2,1-5H3;1H/t18-,20-;/m0./s1. The molecule has 0 unspecified atom stereocenters. The first-order valence-electron chi connectivity index (χ1n) is 8.41. The van der Waals surface area contributed by atoms with E-state index in [4.69, 9.17) is 10.5 Å². The van der Waals surface area contributed by atoms with Crippen LogP contribution >= 0.6 is 12.4 Å². The zero-order valence-electron chi connectivity index (χ0n) is 15.7. The quantitative estimate of drug-likeness (QED) is 0.808. The van der Waals surface area contributed by atoms with Crippen molar-refractivity contribution in [2.24, 2.45) is 11.1 Å². The molecule has 25 heavy (non-hydrogen) atoms. The Kier molecular flexibility index (Phi) is 7.48. The Morgan fingerprint density at radius 2 is 1.56 bits per heavy atom. The largest absolute Gasteiger partial charge is 0.488 e. The van der Waals surface area contributed by atoms with Gasteiger partial charge in [-0.1, -0.05) is 63.2 Å². The van der Waals surface area contributed by atoms with Crippen LogP contribution in [-0.2, 0) is 6.61 Å². The van der Waals surface area contributed by atoms with E-state index in [1.807, 2.05) is 65.0 Å². The van der Waals surface area contributed by atoms with Gasteiger partial charge in [-0.2, -0.15) is 0 Å². The molecule has 0 spiro atoms. The van der Waals surface area contributed by atoms with Crippen LogP contribution in [-0.4, -0.2) is 11.2 Å². The molecule has 4 heteroatoms. The van der Waals surface area contributed by atoms with Gasteiger partial charge in [0.2, 0.25) is 0 Å². The topological polar surface area (TPSA) is 55.5 Å². The summed E-state index contributed by atoms with van der Waals surface area (Å²) in [4.78, 5) is 0. The first kappa shape index (κ1) is 21.5. The van der Waals surface area contributed by atoms with Crippen LogP contribution in [0.15, 0.2) is 42.5 Å². The Morgan fingerprint density at radius 1 is 1.04 bits per heavy atom. The Labute approximate surface area is 157 Å². The van der Waals surface area contributed by atoms with E-state index in [2.05, 4.69) is 12.1 Å². The summed E-state index contributed by atoms with van der Waals surface area (Å²) in [6.07, 6.45) is -0.604. The lowest BCUT2D eigenvalue weighted by molar-refractivity contribution is 0.0400. The maximum absolute atomic E-state index is 10.5. The number of hydrogen-bond acceptors (Lipinski definition) is 3. The van der Waals surface area contributed by atoms with Crippen molar-refractivity contribution in [1.29, 1.82) is 0 Å².